The number of hydrogen-bond donors (Lipinski definition) is 0. The Kier molecular flexibility index (Phi) is 10.9. The summed E-state index contributed by atoms with van der Waals surface area (Å²) in [5, 5.41) is 15.7. The van der Waals surface area contributed by atoms with Crippen LogP contribution in [-0.2, 0) is 20.1 Å². The second-order valence-electron chi connectivity index (χ2n) is 26.3. The van der Waals surface area contributed by atoms with E-state index in [4.69, 9.17) is 9.31 Å². The van der Waals surface area contributed by atoms with Gasteiger partial charge in [0.15, 0.2) is 0 Å². The number of aromatic nitrogens is 2. The molecule has 2 aliphatic carbocycles. The van der Waals surface area contributed by atoms with Crippen LogP contribution in [0.1, 0.15) is 77.6 Å². The van der Waals surface area contributed by atoms with Gasteiger partial charge in [-0.15, -0.1) is 0 Å². The summed E-state index contributed by atoms with van der Waals surface area (Å²) in [6.07, 6.45) is 0. The zero-order valence-corrected chi connectivity index (χ0v) is 51.2. The van der Waals surface area contributed by atoms with Crippen LogP contribution in [0.15, 0.2) is 235 Å². The monoisotopic (exact) mass is 1170 g/mol. The van der Waals surface area contributed by atoms with Crippen molar-refractivity contribution >= 4 is 126 Å². The molecule has 4 nitrogen and oxygen atoms in total. The largest absolute Gasteiger partial charge is 0.495 e. The lowest BCUT2D eigenvalue weighted by atomic mass is 9.72. The molecule has 0 radical (unpaired) electrons. The average Bonchev–Trinajstić information content (AvgIpc) is 1.67. The van der Waals surface area contributed by atoms with Crippen LogP contribution < -0.4 is 5.46 Å². The summed E-state index contributed by atoms with van der Waals surface area (Å²) in [4.78, 5) is 0. The first kappa shape index (κ1) is 51.6. The van der Waals surface area contributed by atoms with Gasteiger partial charge in [0.2, 0.25) is 0 Å². The van der Waals surface area contributed by atoms with Crippen LogP contribution in [0.3, 0.4) is 0 Å². The first-order valence-electron chi connectivity index (χ1n) is 30.3. The summed E-state index contributed by atoms with van der Waals surface area (Å²) in [5.41, 5.74) is 21.8. The maximum atomic E-state index is 6.44. The summed E-state index contributed by atoms with van der Waals surface area (Å²) < 4.78 is 18.9. The van der Waals surface area contributed by atoms with Gasteiger partial charge in [0, 0.05) is 58.4 Å². The Bertz CT molecular complexity index is 5340. The smallest absolute Gasteiger partial charge is 0.399 e. The first-order chi connectivity index (χ1) is 41.6. The van der Waals surface area contributed by atoms with Crippen LogP contribution in [0, 0.1) is 0 Å². The number of rotatable bonds is 2. The minimum Gasteiger partial charge on any atom is -0.399 e. The summed E-state index contributed by atoms with van der Waals surface area (Å²) in [6, 6.07) is 84.5. The SMILES string of the molecule is Brc1cc2c3ccccc3n3c4ccccc4c(c1)c23.CC1(C)c2ccccc2-c2c1cc(-c1cc3c4ccccc4n4c5ccccc5c(c1)c34)c1ccccc21.CC1(C)c2ccccc2-c2c1cc(B1OC(C)(C)C(C)(C)O1)c1ccccc21. The van der Waals surface area contributed by atoms with Crippen LogP contribution in [0.2, 0.25) is 0 Å². The van der Waals surface area contributed by atoms with E-state index < -0.39 is 0 Å². The standard InChI is InChI=1S/C37H25N.C25H27BO2.C18H10BrN/c1-37(2)31-16-8-5-15-27(31)35-26-14-4-3-11-23(26)28(21-32(35)37)22-19-29-24-12-6-9-17-33(24)38-34-18-10-7-13-25(34)30(20-22)36(29)38;1-23(2)19-14-10-9-13-18(19)22-17-12-8-7-11-16(17)21(15-20(22)23)26-27-24(3,4)25(5,6)28-26;19-11-9-14-12-5-1-3-7-16(12)20-17-8-4-2-6-13(17)15(10-11)18(14)20/h3-21H,1-2H3;7-15H,1-6H3;1-10H. The van der Waals surface area contributed by atoms with Crippen LogP contribution in [0.5, 0.6) is 0 Å². The number of nitrogens with zero attached hydrogens (tertiary/aromatic N) is 2. The molecule has 4 aromatic heterocycles. The topological polar surface area (TPSA) is 27.3 Å². The molecule has 3 aliphatic rings. The molecule has 0 spiro atoms. The Morgan fingerprint density at radius 2 is 0.651 bits per heavy atom. The zero-order chi connectivity index (χ0) is 58.3. The van der Waals surface area contributed by atoms with Crippen molar-refractivity contribution in [3.05, 3.63) is 257 Å². The summed E-state index contributed by atoms with van der Waals surface area (Å²) in [7, 11) is -0.361. The van der Waals surface area contributed by atoms with Crippen molar-refractivity contribution in [1.29, 1.82) is 0 Å². The van der Waals surface area contributed by atoms with E-state index in [0.717, 1.165) is 9.94 Å². The molecule has 6 heteroatoms. The lowest BCUT2D eigenvalue weighted by Crippen LogP contribution is -2.41. The highest BCUT2D eigenvalue weighted by molar-refractivity contribution is 9.10. The molecule has 16 aromatic rings. The van der Waals surface area contributed by atoms with Gasteiger partial charge < -0.3 is 18.1 Å². The average molecular weight is 1170 g/mol. The van der Waals surface area contributed by atoms with Gasteiger partial charge in [-0.1, -0.05) is 220 Å². The molecule has 0 bridgehead atoms. The van der Waals surface area contributed by atoms with Gasteiger partial charge in [0.05, 0.1) is 44.3 Å². The highest BCUT2D eigenvalue weighted by Crippen LogP contribution is 2.55. The van der Waals surface area contributed by atoms with Gasteiger partial charge in [0.1, 0.15) is 0 Å². The Morgan fingerprint density at radius 3 is 1.09 bits per heavy atom. The third-order valence-corrected chi connectivity index (χ3v) is 20.9. The van der Waals surface area contributed by atoms with Gasteiger partial charge in [-0.2, -0.15) is 0 Å². The normalized spacial score (nSPS) is 16.0. The van der Waals surface area contributed by atoms with E-state index in [1.165, 1.54) is 153 Å². The molecule has 1 aliphatic heterocycles. The van der Waals surface area contributed by atoms with Gasteiger partial charge in [-0.25, -0.2) is 0 Å². The molecule has 1 saturated heterocycles. The highest BCUT2D eigenvalue weighted by Gasteiger charge is 2.53. The molecule has 0 unspecified atom stereocenters. The van der Waals surface area contributed by atoms with Crippen molar-refractivity contribution in [1.82, 2.24) is 8.80 Å². The van der Waals surface area contributed by atoms with Crippen molar-refractivity contribution in [3.63, 3.8) is 0 Å². The molecule has 0 saturated carbocycles. The molecule has 1 fully saturated rings. The fourth-order valence-electron chi connectivity index (χ4n) is 15.6. The number of halogens is 1. The van der Waals surface area contributed by atoms with Crippen LogP contribution in [0.4, 0.5) is 0 Å². The van der Waals surface area contributed by atoms with Gasteiger partial charge in [0.25, 0.3) is 0 Å². The van der Waals surface area contributed by atoms with Gasteiger partial charge in [-0.05, 0) is 165 Å². The first-order valence-corrected chi connectivity index (χ1v) is 31.1. The quantitative estimate of drug-likeness (QED) is 0.161. The summed E-state index contributed by atoms with van der Waals surface area (Å²) in [6.45, 7) is 17.8. The predicted molar refractivity (Wildman–Crippen MR) is 368 cm³/mol. The summed E-state index contributed by atoms with van der Waals surface area (Å²) in [5.74, 6) is 0. The van der Waals surface area contributed by atoms with Gasteiger partial charge in [-0.3, -0.25) is 0 Å². The van der Waals surface area contributed by atoms with E-state index in [1.54, 1.807) is 0 Å². The van der Waals surface area contributed by atoms with Crippen molar-refractivity contribution in [2.24, 2.45) is 0 Å². The molecule has 19 rings (SSSR count). The second kappa shape index (κ2) is 18.1. The molecule has 0 atom stereocenters. The third kappa shape index (κ3) is 7.06. The fourth-order valence-corrected chi connectivity index (χ4v) is 16.0. The molecule has 86 heavy (non-hydrogen) atoms. The van der Waals surface area contributed by atoms with E-state index in [2.05, 4.69) is 311 Å². The Morgan fingerprint density at radius 1 is 0.314 bits per heavy atom. The Hall–Kier alpha value is -8.78. The second-order valence-corrected chi connectivity index (χ2v) is 27.2. The van der Waals surface area contributed by atoms with Crippen molar-refractivity contribution in [3.8, 4) is 33.4 Å². The minimum atomic E-state index is -0.361. The van der Waals surface area contributed by atoms with Crippen molar-refractivity contribution in [2.45, 2.75) is 77.4 Å². The van der Waals surface area contributed by atoms with E-state index in [9.17, 15) is 0 Å². The van der Waals surface area contributed by atoms with Crippen LogP contribution in [0.25, 0.3) is 131 Å². The number of para-hydroxylation sites is 4. The molecule has 5 heterocycles. The molecule has 0 amide bonds. The Labute approximate surface area is 509 Å². The molecule has 0 N–H and O–H groups in total. The maximum absolute atomic E-state index is 6.44. The Balaban J connectivity index is 0.000000106. The molecular formula is C80H62BBrN2O2. The third-order valence-electron chi connectivity index (χ3n) is 20.4. The lowest BCUT2D eigenvalue weighted by molar-refractivity contribution is 0.00578. The highest BCUT2D eigenvalue weighted by atomic mass is 79.9. The van der Waals surface area contributed by atoms with Crippen LogP contribution in [-0.4, -0.2) is 27.1 Å². The van der Waals surface area contributed by atoms with Gasteiger partial charge >= 0.3 is 7.12 Å². The predicted octanol–water partition coefficient (Wildman–Crippen LogP) is 21.0. The molecular weight excluding hydrogens is 1110 g/mol. The van der Waals surface area contributed by atoms with E-state index >= 15 is 0 Å². The van der Waals surface area contributed by atoms with E-state index in [1.807, 2.05) is 0 Å². The number of benzene rings is 12. The number of hydrogen-bond acceptors (Lipinski definition) is 2. The van der Waals surface area contributed by atoms with E-state index in [-0.39, 0.29) is 29.2 Å². The maximum Gasteiger partial charge on any atom is 0.495 e. The zero-order valence-electron chi connectivity index (χ0n) is 49.6. The van der Waals surface area contributed by atoms with Crippen molar-refractivity contribution < 1.29 is 9.31 Å². The van der Waals surface area contributed by atoms with Crippen LogP contribution >= 0.6 is 15.9 Å². The summed E-state index contributed by atoms with van der Waals surface area (Å²) >= 11 is 3.66. The fraction of sp³-hybridized carbons (Fsp3) is 0.150. The molecule has 12 aromatic carbocycles. The number of fused-ring (bicyclic) bond motifs is 22. The minimum absolute atomic E-state index is 0.0473. The van der Waals surface area contributed by atoms with E-state index in [0.29, 0.717) is 0 Å². The lowest BCUT2D eigenvalue weighted by Gasteiger charge is -2.32. The van der Waals surface area contributed by atoms with Crippen molar-refractivity contribution in [2.75, 3.05) is 0 Å². The molecule has 414 valence electrons.